The summed E-state index contributed by atoms with van der Waals surface area (Å²) in [6, 6.07) is 9.64. The Bertz CT molecular complexity index is 1290. The molecule has 2 aromatic heterocycles. The van der Waals surface area contributed by atoms with E-state index < -0.39 is 10.0 Å². The lowest BCUT2D eigenvalue weighted by atomic mass is 9.98. The first kappa shape index (κ1) is 21.1. The smallest absolute Gasteiger partial charge is 0.272 e. The summed E-state index contributed by atoms with van der Waals surface area (Å²) in [6.45, 7) is 2.48. The number of nitrogens with one attached hydrogen (secondary N) is 2. The van der Waals surface area contributed by atoms with Crippen molar-refractivity contribution in [2.75, 3.05) is 17.5 Å². The van der Waals surface area contributed by atoms with Gasteiger partial charge < -0.3 is 4.90 Å². The predicted molar refractivity (Wildman–Crippen MR) is 118 cm³/mol. The molecule has 1 saturated heterocycles. The Morgan fingerprint density at radius 1 is 1.26 bits per heavy atom. The van der Waals surface area contributed by atoms with Crippen LogP contribution in [0.3, 0.4) is 0 Å². The molecule has 0 bridgehead atoms. The molecule has 31 heavy (non-hydrogen) atoms. The van der Waals surface area contributed by atoms with Crippen molar-refractivity contribution in [1.29, 1.82) is 0 Å². The molecule has 1 aromatic carbocycles. The Morgan fingerprint density at radius 3 is 2.77 bits per heavy atom. The number of hydrogen-bond acceptors (Lipinski definition) is 5. The molecule has 0 aliphatic carbocycles. The summed E-state index contributed by atoms with van der Waals surface area (Å²) in [5, 5.41) is 3.11. The number of nitrogens with zero attached hydrogens (tertiary/aromatic N) is 3. The maximum atomic E-state index is 13.5. The van der Waals surface area contributed by atoms with Gasteiger partial charge in [0.1, 0.15) is 0 Å². The second kappa shape index (κ2) is 8.18. The minimum Gasteiger partial charge on any atom is -0.330 e. The molecule has 1 fully saturated rings. The Balaban J connectivity index is 1.72. The molecule has 0 unspecified atom stereocenters. The number of aryl methyl sites for hydroxylation is 1. The number of rotatable bonds is 5. The van der Waals surface area contributed by atoms with E-state index >= 15 is 0 Å². The highest BCUT2D eigenvalue weighted by molar-refractivity contribution is 7.92. The highest BCUT2D eigenvalue weighted by Crippen LogP contribution is 2.33. The number of aromatic nitrogens is 3. The van der Waals surface area contributed by atoms with E-state index in [-0.39, 0.29) is 23.2 Å². The molecule has 1 aliphatic heterocycles. The summed E-state index contributed by atoms with van der Waals surface area (Å²) in [5.41, 5.74) is 2.33. The third kappa shape index (κ3) is 4.34. The van der Waals surface area contributed by atoms with Crippen molar-refractivity contribution < 1.29 is 13.2 Å². The van der Waals surface area contributed by atoms with Crippen LogP contribution in [0.5, 0.6) is 0 Å². The van der Waals surface area contributed by atoms with E-state index in [1.54, 1.807) is 29.2 Å². The van der Waals surface area contributed by atoms with Crippen LogP contribution in [0.15, 0.2) is 41.2 Å². The average Bonchev–Trinajstić information content (AvgIpc) is 3.17. The zero-order chi connectivity index (χ0) is 22.2. The number of aromatic amines is 1. The number of amides is 1. The second-order valence-corrected chi connectivity index (χ2v) is 9.52. The van der Waals surface area contributed by atoms with Crippen molar-refractivity contribution in [2.45, 2.75) is 38.6 Å². The van der Waals surface area contributed by atoms with Gasteiger partial charge in [-0.2, -0.15) is 0 Å². The maximum Gasteiger partial charge on any atom is 0.272 e. The van der Waals surface area contributed by atoms with Crippen LogP contribution >= 0.6 is 0 Å². The van der Waals surface area contributed by atoms with Gasteiger partial charge in [0.2, 0.25) is 10.0 Å². The molecular weight excluding hydrogens is 418 g/mol. The highest BCUT2D eigenvalue weighted by atomic mass is 32.2. The van der Waals surface area contributed by atoms with Crippen LogP contribution in [0.25, 0.3) is 5.65 Å². The monoisotopic (exact) mass is 443 g/mol. The topological polar surface area (TPSA) is 117 Å². The van der Waals surface area contributed by atoms with Crippen molar-refractivity contribution >= 4 is 27.3 Å². The van der Waals surface area contributed by atoms with Crippen LogP contribution in [0, 0.1) is 0 Å². The minimum atomic E-state index is -3.53. The van der Waals surface area contributed by atoms with Crippen LogP contribution in [0.4, 0.5) is 5.69 Å². The molecule has 9 nitrogen and oxygen atoms in total. The summed E-state index contributed by atoms with van der Waals surface area (Å²) < 4.78 is 27.3. The summed E-state index contributed by atoms with van der Waals surface area (Å²) in [4.78, 5) is 32.1. The molecule has 0 spiro atoms. The summed E-state index contributed by atoms with van der Waals surface area (Å²) >= 11 is 0. The van der Waals surface area contributed by atoms with Gasteiger partial charge in [0, 0.05) is 24.4 Å². The number of benzene rings is 1. The number of carbonyl (C=O) groups is 1. The fourth-order valence-corrected chi connectivity index (χ4v) is 4.60. The normalized spacial score (nSPS) is 17.1. The molecule has 164 valence electrons. The van der Waals surface area contributed by atoms with Crippen LogP contribution in [0.1, 0.15) is 54.0 Å². The Kier molecular flexibility index (Phi) is 5.57. The number of hydrogen-bond donors (Lipinski definition) is 2. The fourth-order valence-electron chi connectivity index (χ4n) is 4.02. The standard InChI is InChI=1S/C21H25N5O4S/c1-3-14-12-20(27)26-19(22-14)13-17(23-26)18-10-6-7-11-25(18)21(28)15-8-4-5-9-16(15)24-31(2,29)30/h4-5,8-9,12-13,18,23-24H,3,6-7,10-11H2,1-2H3/t18-/m1/s1. The maximum absolute atomic E-state index is 13.5. The zero-order valence-corrected chi connectivity index (χ0v) is 18.3. The van der Waals surface area contributed by atoms with Gasteiger partial charge in [-0.25, -0.2) is 17.9 Å². The number of likely N-dealkylation sites (tertiary alicyclic amines) is 1. The van der Waals surface area contributed by atoms with E-state index in [4.69, 9.17) is 0 Å². The van der Waals surface area contributed by atoms with Crippen molar-refractivity contribution in [3.05, 3.63) is 63.7 Å². The number of sulfonamides is 1. The molecule has 4 rings (SSSR count). The van der Waals surface area contributed by atoms with Crippen LogP contribution in [-0.2, 0) is 16.4 Å². The van der Waals surface area contributed by atoms with E-state index in [0.717, 1.165) is 31.2 Å². The SMILES string of the molecule is CCc1cc(=O)n2[nH]c([C@H]3CCCCN3C(=O)c3ccccc3NS(C)(=O)=O)cc2n1. The van der Waals surface area contributed by atoms with Gasteiger partial charge in [-0.15, -0.1) is 0 Å². The van der Waals surface area contributed by atoms with Crippen LogP contribution in [0.2, 0.25) is 0 Å². The molecule has 10 heteroatoms. The lowest BCUT2D eigenvalue weighted by molar-refractivity contribution is 0.0607. The van der Waals surface area contributed by atoms with E-state index in [1.807, 2.05) is 13.0 Å². The molecule has 0 radical (unpaired) electrons. The Hall–Kier alpha value is -3.14. The number of piperidine rings is 1. The third-order valence-electron chi connectivity index (χ3n) is 5.46. The van der Waals surface area contributed by atoms with E-state index in [1.165, 1.54) is 10.6 Å². The lowest BCUT2D eigenvalue weighted by Gasteiger charge is -2.35. The van der Waals surface area contributed by atoms with Gasteiger partial charge >= 0.3 is 0 Å². The van der Waals surface area contributed by atoms with Crippen LogP contribution in [-0.4, -0.2) is 46.6 Å². The third-order valence-corrected chi connectivity index (χ3v) is 6.05. The quantitative estimate of drug-likeness (QED) is 0.628. The number of carbonyl (C=O) groups excluding carboxylic acids is 1. The van der Waals surface area contributed by atoms with E-state index in [0.29, 0.717) is 29.9 Å². The first-order chi connectivity index (χ1) is 14.8. The molecule has 3 heterocycles. The number of fused-ring (bicyclic) bond motifs is 1. The molecule has 0 saturated carbocycles. The summed E-state index contributed by atoms with van der Waals surface area (Å²) in [7, 11) is -3.53. The zero-order valence-electron chi connectivity index (χ0n) is 17.5. The van der Waals surface area contributed by atoms with Gasteiger partial charge in [0.15, 0.2) is 5.65 Å². The van der Waals surface area contributed by atoms with E-state index in [9.17, 15) is 18.0 Å². The Morgan fingerprint density at radius 2 is 2.03 bits per heavy atom. The Labute approximate surface area is 180 Å². The van der Waals surface area contributed by atoms with Gasteiger partial charge in [-0.05, 0) is 37.8 Å². The summed E-state index contributed by atoms with van der Waals surface area (Å²) in [5.74, 6) is -0.260. The number of para-hydroxylation sites is 1. The van der Waals surface area contributed by atoms with Crippen molar-refractivity contribution in [2.24, 2.45) is 0 Å². The van der Waals surface area contributed by atoms with Gasteiger partial charge in [0.05, 0.1) is 29.2 Å². The first-order valence-corrected chi connectivity index (χ1v) is 12.2. The second-order valence-electron chi connectivity index (χ2n) is 7.77. The summed E-state index contributed by atoms with van der Waals surface area (Å²) in [6.07, 6.45) is 4.23. The van der Waals surface area contributed by atoms with Gasteiger partial charge in [0.25, 0.3) is 11.5 Å². The van der Waals surface area contributed by atoms with Crippen molar-refractivity contribution in [3.8, 4) is 0 Å². The number of H-pyrrole nitrogens is 1. The van der Waals surface area contributed by atoms with Crippen molar-refractivity contribution in [1.82, 2.24) is 19.5 Å². The molecule has 1 aliphatic rings. The molecule has 3 aromatic rings. The fraction of sp³-hybridized carbons (Fsp3) is 0.381. The van der Waals surface area contributed by atoms with Gasteiger partial charge in [-0.1, -0.05) is 19.1 Å². The van der Waals surface area contributed by atoms with Crippen LogP contribution < -0.4 is 10.3 Å². The molecule has 1 atom stereocenters. The predicted octanol–water partition coefficient (Wildman–Crippen LogP) is 2.32. The average molecular weight is 444 g/mol. The van der Waals surface area contributed by atoms with Gasteiger partial charge in [-0.3, -0.25) is 19.4 Å². The first-order valence-electron chi connectivity index (χ1n) is 10.3. The molecule has 1 amide bonds. The lowest BCUT2D eigenvalue weighted by Crippen LogP contribution is -2.39. The van der Waals surface area contributed by atoms with Crippen molar-refractivity contribution in [3.63, 3.8) is 0 Å². The number of anilines is 1. The largest absolute Gasteiger partial charge is 0.330 e. The molecular formula is C21H25N5O4S. The molecule has 2 N–H and O–H groups in total. The van der Waals surface area contributed by atoms with E-state index in [2.05, 4.69) is 14.8 Å². The highest BCUT2D eigenvalue weighted by Gasteiger charge is 2.31. The minimum absolute atomic E-state index is 0.190.